The number of carbonyl (C=O) groups is 2. The van der Waals surface area contributed by atoms with Crippen LogP contribution in [-0.2, 0) is 10.9 Å². The number of rotatable bonds is 4. The normalized spacial score (nSPS) is 13.3. The van der Waals surface area contributed by atoms with Crippen LogP contribution in [-0.4, -0.2) is 25.3 Å². The summed E-state index contributed by atoms with van der Waals surface area (Å²) in [5, 5.41) is -0.951. The fourth-order valence-electron chi connectivity index (χ4n) is 2.73. The summed E-state index contributed by atoms with van der Waals surface area (Å²) in [4.78, 5) is 23.0. The minimum absolute atomic E-state index is 0.0317. The average molecular weight is 568 g/mol. The van der Waals surface area contributed by atoms with E-state index in [-0.39, 0.29) is 27.2 Å². The highest BCUT2D eigenvalue weighted by atomic mass is 35.5. The number of alkyl halides is 6. The molecule has 2 N–H and O–H groups in total. The number of halogens is 10. The Morgan fingerprint density at radius 3 is 2.03 bits per heavy atom. The molecule has 5 nitrogen and oxygen atoms in total. The largest absolute Gasteiger partial charge is 0.452 e. The van der Waals surface area contributed by atoms with Crippen molar-refractivity contribution >= 4 is 52.6 Å². The molecule has 2 aromatic carbocycles. The van der Waals surface area contributed by atoms with E-state index in [4.69, 9.17) is 34.8 Å². The van der Waals surface area contributed by atoms with Gasteiger partial charge in [0, 0.05) is 5.56 Å². The summed E-state index contributed by atoms with van der Waals surface area (Å²) in [6, 6.07) is 2.91. The van der Waals surface area contributed by atoms with E-state index in [9.17, 15) is 40.3 Å². The second-order valence-electron chi connectivity index (χ2n) is 6.66. The standard InChI is InChI=1S/C20H12Cl3F7N2O3/c1-35-18(34)32-31-17(33)10-3-2-8(4-12(10)20(28,29)30)15(24)7-11(19(25,26)27)9-5-13(21)16(23)14(22)6-9/h2-7,11H,1H3,(H,31,33)(H,32,34). The molecular formula is C20H12Cl3F7N2O3. The molecule has 0 spiro atoms. The maximum Gasteiger partial charge on any atom is 0.425 e. The monoisotopic (exact) mass is 566 g/mol. The van der Waals surface area contributed by atoms with Gasteiger partial charge in [0.2, 0.25) is 0 Å². The van der Waals surface area contributed by atoms with Crippen LogP contribution < -0.4 is 10.9 Å². The molecule has 15 heteroatoms. The molecule has 1 atom stereocenters. The van der Waals surface area contributed by atoms with Crippen LogP contribution >= 0.6 is 34.8 Å². The molecular weight excluding hydrogens is 556 g/mol. The van der Waals surface area contributed by atoms with Gasteiger partial charge in [-0.05, 0) is 35.9 Å². The molecule has 0 fully saturated rings. The Bertz CT molecular complexity index is 1140. The molecule has 0 aromatic heterocycles. The molecule has 2 aromatic rings. The number of methoxy groups -OCH3 is 1. The van der Waals surface area contributed by atoms with Gasteiger partial charge in [0.05, 0.1) is 33.3 Å². The Balaban J connectivity index is 2.54. The van der Waals surface area contributed by atoms with E-state index >= 15 is 0 Å². The molecule has 35 heavy (non-hydrogen) atoms. The van der Waals surface area contributed by atoms with Crippen molar-refractivity contribution in [2.45, 2.75) is 18.3 Å². The van der Waals surface area contributed by atoms with Gasteiger partial charge in [-0.15, -0.1) is 0 Å². The van der Waals surface area contributed by atoms with E-state index in [2.05, 4.69) is 4.74 Å². The number of carbonyl (C=O) groups excluding carboxylic acids is 2. The summed E-state index contributed by atoms with van der Waals surface area (Å²) in [6.07, 6.45) is -11.5. The van der Waals surface area contributed by atoms with E-state index in [1.165, 1.54) is 0 Å². The first-order chi connectivity index (χ1) is 16.1. The smallest absolute Gasteiger partial charge is 0.425 e. The third kappa shape index (κ3) is 7.15. The maximum absolute atomic E-state index is 14.8. The molecule has 0 aliphatic carbocycles. The molecule has 2 rings (SSSR count). The zero-order valence-electron chi connectivity index (χ0n) is 17.0. The third-order valence-corrected chi connectivity index (χ3v) is 5.54. The Morgan fingerprint density at radius 1 is 0.971 bits per heavy atom. The van der Waals surface area contributed by atoms with Gasteiger partial charge < -0.3 is 4.74 Å². The van der Waals surface area contributed by atoms with Crippen molar-refractivity contribution in [1.82, 2.24) is 10.9 Å². The number of ether oxygens (including phenoxy) is 1. The van der Waals surface area contributed by atoms with Crippen LogP contribution in [0.25, 0.3) is 5.83 Å². The highest BCUT2D eigenvalue weighted by Crippen LogP contribution is 2.42. The SMILES string of the molecule is COC(=O)NNC(=O)c1ccc(C(F)=CC(c2cc(Cl)c(Cl)c(Cl)c2)C(F)(F)F)cc1C(F)(F)F. The van der Waals surface area contributed by atoms with Crippen molar-refractivity contribution in [2.24, 2.45) is 0 Å². The van der Waals surface area contributed by atoms with Crippen LogP contribution in [0.2, 0.25) is 15.1 Å². The van der Waals surface area contributed by atoms with Gasteiger partial charge in [-0.1, -0.05) is 40.9 Å². The Labute approximate surface area is 207 Å². The first kappa shape index (κ1) is 28.5. The number of hydrogen-bond acceptors (Lipinski definition) is 3. The molecule has 0 saturated heterocycles. The summed E-state index contributed by atoms with van der Waals surface area (Å²) < 4.78 is 100. The van der Waals surface area contributed by atoms with Gasteiger partial charge in [0.1, 0.15) is 11.7 Å². The Hall–Kier alpha value is -2.70. The van der Waals surface area contributed by atoms with Crippen LogP contribution in [0.1, 0.15) is 33.0 Å². The maximum atomic E-state index is 14.8. The van der Waals surface area contributed by atoms with Crippen LogP contribution in [0.5, 0.6) is 0 Å². The molecule has 0 saturated carbocycles. The lowest BCUT2D eigenvalue weighted by Gasteiger charge is -2.19. The number of amides is 2. The fourth-order valence-corrected chi connectivity index (χ4v) is 3.34. The second kappa shape index (κ2) is 10.9. The van der Waals surface area contributed by atoms with Gasteiger partial charge in [0.25, 0.3) is 5.91 Å². The Kier molecular flexibility index (Phi) is 8.90. The van der Waals surface area contributed by atoms with E-state index in [0.29, 0.717) is 12.1 Å². The quantitative estimate of drug-likeness (QED) is 0.231. The first-order valence-corrected chi connectivity index (χ1v) is 10.1. The van der Waals surface area contributed by atoms with Crippen LogP contribution in [0, 0.1) is 0 Å². The van der Waals surface area contributed by atoms with Gasteiger partial charge >= 0.3 is 18.4 Å². The fraction of sp³-hybridized carbons (Fsp3) is 0.200. The lowest BCUT2D eigenvalue weighted by Crippen LogP contribution is -2.42. The molecule has 2 amide bonds. The minimum Gasteiger partial charge on any atom is -0.452 e. The third-order valence-electron chi connectivity index (χ3n) is 4.34. The summed E-state index contributed by atoms with van der Waals surface area (Å²) in [7, 11) is 0.923. The number of hydrazine groups is 1. The summed E-state index contributed by atoms with van der Waals surface area (Å²) in [6.45, 7) is 0. The van der Waals surface area contributed by atoms with Crippen LogP contribution in [0.15, 0.2) is 36.4 Å². The van der Waals surface area contributed by atoms with Gasteiger partial charge in [-0.3, -0.25) is 10.2 Å². The highest BCUT2D eigenvalue weighted by Gasteiger charge is 2.41. The number of benzene rings is 2. The lowest BCUT2D eigenvalue weighted by molar-refractivity contribution is -0.140. The van der Waals surface area contributed by atoms with E-state index in [0.717, 1.165) is 19.2 Å². The van der Waals surface area contributed by atoms with Gasteiger partial charge in [0.15, 0.2) is 0 Å². The van der Waals surface area contributed by atoms with Crippen molar-refractivity contribution in [1.29, 1.82) is 0 Å². The minimum atomic E-state index is -5.21. The zero-order chi connectivity index (χ0) is 26.7. The zero-order valence-corrected chi connectivity index (χ0v) is 19.3. The van der Waals surface area contributed by atoms with E-state index in [1.807, 2.05) is 0 Å². The van der Waals surface area contributed by atoms with Gasteiger partial charge in [-0.25, -0.2) is 14.6 Å². The summed E-state index contributed by atoms with van der Waals surface area (Å²) in [5.74, 6) is -5.78. The second-order valence-corrected chi connectivity index (χ2v) is 7.85. The first-order valence-electron chi connectivity index (χ1n) is 9.00. The molecule has 0 aliphatic rings. The number of allylic oxidation sites excluding steroid dienone is 1. The van der Waals surface area contributed by atoms with E-state index < -0.39 is 58.4 Å². The number of hydrogen-bond donors (Lipinski definition) is 2. The van der Waals surface area contributed by atoms with E-state index in [1.54, 1.807) is 10.9 Å². The van der Waals surface area contributed by atoms with Gasteiger partial charge in [-0.2, -0.15) is 26.3 Å². The predicted octanol–water partition coefficient (Wildman–Crippen LogP) is 7.32. The predicted molar refractivity (Wildman–Crippen MR) is 114 cm³/mol. The Morgan fingerprint density at radius 2 is 1.54 bits per heavy atom. The molecule has 190 valence electrons. The molecule has 0 radical (unpaired) electrons. The topological polar surface area (TPSA) is 67.4 Å². The molecule has 1 unspecified atom stereocenters. The number of nitrogens with one attached hydrogen (secondary N) is 2. The van der Waals surface area contributed by atoms with Crippen LogP contribution in [0.3, 0.4) is 0 Å². The molecule has 0 heterocycles. The average Bonchev–Trinajstić information content (AvgIpc) is 2.76. The van der Waals surface area contributed by atoms with Crippen molar-refractivity contribution in [2.75, 3.05) is 7.11 Å². The van der Waals surface area contributed by atoms with Crippen molar-refractivity contribution < 1.29 is 45.1 Å². The molecule has 0 aliphatic heterocycles. The van der Waals surface area contributed by atoms with Crippen molar-refractivity contribution in [3.8, 4) is 0 Å². The van der Waals surface area contributed by atoms with Crippen molar-refractivity contribution in [3.63, 3.8) is 0 Å². The van der Waals surface area contributed by atoms with Crippen molar-refractivity contribution in [3.05, 3.63) is 73.7 Å². The lowest BCUT2D eigenvalue weighted by atomic mass is 9.95. The van der Waals surface area contributed by atoms with Crippen LogP contribution in [0.4, 0.5) is 35.5 Å². The summed E-state index contributed by atoms with van der Waals surface area (Å²) in [5.41, 5.74) is -0.955. The highest BCUT2D eigenvalue weighted by molar-refractivity contribution is 6.48. The summed E-state index contributed by atoms with van der Waals surface area (Å²) >= 11 is 17.2. The molecule has 0 bridgehead atoms.